The van der Waals surface area contributed by atoms with Gasteiger partial charge in [-0.3, -0.25) is 9.59 Å². The number of halogens is 7. The molecule has 0 atom stereocenters. The Balaban J connectivity index is 1.78. The molecular weight excluding hydrogens is 635 g/mol. The van der Waals surface area contributed by atoms with E-state index in [9.17, 15) is 45.1 Å². The minimum absolute atomic E-state index is 0.0168. The summed E-state index contributed by atoms with van der Waals surface area (Å²) in [6, 6.07) is 5.24. The second-order valence-corrected chi connectivity index (χ2v) is 11.5. The van der Waals surface area contributed by atoms with Crippen LogP contribution in [0, 0.1) is 5.82 Å². The topological polar surface area (TPSA) is 107 Å². The van der Waals surface area contributed by atoms with Crippen LogP contribution in [0.5, 0.6) is 5.88 Å². The Morgan fingerprint density at radius 2 is 1.56 bits per heavy atom. The molecule has 0 bridgehead atoms. The van der Waals surface area contributed by atoms with Gasteiger partial charge in [-0.15, -0.1) is 11.3 Å². The van der Waals surface area contributed by atoms with Gasteiger partial charge in [0.25, 0.3) is 11.8 Å². The molecule has 2 amide bonds. The Labute approximate surface area is 254 Å². The van der Waals surface area contributed by atoms with Gasteiger partial charge in [0.2, 0.25) is 5.88 Å². The minimum Gasteiger partial charge on any atom is -0.480 e. The summed E-state index contributed by atoms with van der Waals surface area (Å²) < 4.78 is 104. The van der Waals surface area contributed by atoms with Crippen molar-refractivity contribution in [2.24, 2.45) is 0 Å². The maximum atomic E-state index is 13.8. The maximum absolute atomic E-state index is 13.8. The van der Waals surface area contributed by atoms with Crippen molar-refractivity contribution in [3.8, 4) is 5.88 Å². The first-order chi connectivity index (χ1) is 20.8. The SMILES string of the molecule is COc1ncc(C(=O)OC(C)(C)C)cc1C(=O)Nc1c(C(=O)Nc2ccc(F)c(C(F)(F)F)c2)sc2cc(C(F)(F)F)ccc12. The molecule has 0 aliphatic heterocycles. The zero-order valence-electron chi connectivity index (χ0n) is 23.7. The molecule has 0 aliphatic carbocycles. The largest absolute Gasteiger partial charge is 0.480 e. The molecule has 16 heteroatoms. The first-order valence-electron chi connectivity index (χ1n) is 12.7. The van der Waals surface area contributed by atoms with E-state index in [-0.39, 0.29) is 32.8 Å². The number of aromatic nitrogens is 1. The number of rotatable bonds is 6. The highest BCUT2D eigenvalue weighted by molar-refractivity contribution is 7.21. The first kappa shape index (κ1) is 33.2. The first-order valence-corrected chi connectivity index (χ1v) is 13.5. The Hall–Kier alpha value is -4.73. The van der Waals surface area contributed by atoms with E-state index >= 15 is 0 Å². The van der Waals surface area contributed by atoms with E-state index in [0.29, 0.717) is 29.5 Å². The molecule has 4 rings (SSSR count). The van der Waals surface area contributed by atoms with Gasteiger partial charge in [-0.25, -0.2) is 14.2 Å². The summed E-state index contributed by atoms with van der Waals surface area (Å²) in [6.07, 6.45) is -8.75. The fourth-order valence-electron chi connectivity index (χ4n) is 3.97. The van der Waals surface area contributed by atoms with Gasteiger partial charge in [-0.05, 0) is 57.2 Å². The van der Waals surface area contributed by atoms with Crippen LogP contribution in [-0.2, 0) is 17.1 Å². The average molecular weight is 658 g/mol. The number of esters is 1. The van der Waals surface area contributed by atoms with Crippen LogP contribution in [0.2, 0.25) is 0 Å². The third kappa shape index (κ3) is 7.50. The fraction of sp³-hybridized carbons (Fsp3) is 0.241. The number of ether oxygens (including phenoxy) is 2. The van der Waals surface area contributed by atoms with Crippen molar-refractivity contribution in [1.82, 2.24) is 4.98 Å². The molecule has 0 fully saturated rings. The van der Waals surface area contributed by atoms with E-state index in [2.05, 4.69) is 15.6 Å². The average Bonchev–Trinajstić information content (AvgIpc) is 3.29. The van der Waals surface area contributed by atoms with Gasteiger partial charge >= 0.3 is 18.3 Å². The quantitative estimate of drug-likeness (QED) is 0.161. The summed E-state index contributed by atoms with van der Waals surface area (Å²) in [5.41, 5.74) is -4.85. The highest BCUT2D eigenvalue weighted by atomic mass is 32.1. The Morgan fingerprint density at radius 3 is 2.16 bits per heavy atom. The van der Waals surface area contributed by atoms with E-state index in [4.69, 9.17) is 9.47 Å². The standard InChI is InChI=1S/C29H22F7N3O5S/c1-27(2,3)44-26(42)13-9-17(25(43-4)37-12-13)23(40)39-21-16-7-5-14(28(31,32)33)10-20(16)45-22(21)24(41)38-15-6-8-19(30)18(11-15)29(34,35)36/h5-12H,1-4H3,(H,38,41)(H,39,40). The van der Waals surface area contributed by atoms with E-state index < -0.39 is 63.2 Å². The summed E-state index contributed by atoms with van der Waals surface area (Å²) in [7, 11) is 1.18. The summed E-state index contributed by atoms with van der Waals surface area (Å²) in [4.78, 5) is 42.9. The molecule has 238 valence electrons. The summed E-state index contributed by atoms with van der Waals surface area (Å²) >= 11 is 0.512. The third-order valence-corrected chi connectivity index (χ3v) is 7.07. The van der Waals surface area contributed by atoms with Gasteiger partial charge in [0.1, 0.15) is 21.9 Å². The summed E-state index contributed by atoms with van der Waals surface area (Å²) in [5.74, 6) is -4.79. The van der Waals surface area contributed by atoms with Crippen LogP contribution in [0.25, 0.3) is 10.1 Å². The van der Waals surface area contributed by atoms with Crippen LogP contribution >= 0.6 is 11.3 Å². The van der Waals surface area contributed by atoms with E-state index in [1.807, 2.05) is 0 Å². The van der Waals surface area contributed by atoms with Crippen LogP contribution < -0.4 is 15.4 Å². The molecule has 0 saturated carbocycles. The molecular formula is C29H22F7N3O5S. The number of benzene rings is 2. The molecule has 0 aliphatic rings. The second-order valence-electron chi connectivity index (χ2n) is 10.4. The number of thiophene rings is 1. The summed E-state index contributed by atoms with van der Waals surface area (Å²) in [5, 5.41) is 4.57. The van der Waals surface area contributed by atoms with Gasteiger partial charge in [-0.2, -0.15) is 26.3 Å². The smallest absolute Gasteiger partial charge is 0.419 e. The normalized spacial score (nSPS) is 12.2. The monoisotopic (exact) mass is 657 g/mol. The molecule has 8 nitrogen and oxygen atoms in total. The second kappa shape index (κ2) is 12.0. The molecule has 0 radical (unpaired) electrons. The molecule has 0 saturated heterocycles. The Kier molecular flexibility index (Phi) is 8.83. The van der Waals surface area contributed by atoms with Gasteiger partial charge < -0.3 is 20.1 Å². The predicted molar refractivity (Wildman–Crippen MR) is 150 cm³/mol. The van der Waals surface area contributed by atoms with Crippen LogP contribution in [0.15, 0.2) is 48.7 Å². The Bertz CT molecular complexity index is 1810. The number of carbonyl (C=O) groups excluding carboxylic acids is 3. The lowest BCUT2D eigenvalue weighted by Gasteiger charge is -2.19. The molecule has 0 spiro atoms. The van der Waals surface area contributed by atoms with Crippen molar-refractivity contribution in [2.45, 2.75) is 38.7 Å². The number of pyridine rings is 1. The van der Waals surface area contributed by atoms with Gasteiger partial charge in [0.15, 0.2) is 0 Å². The highest BCUT2D eigenvalue weighted by Crippen LogP contribution is 2.41. The number of alkyl halides is 6. The number of carbonyl (C=O) groups is 3. The van der Waals surface area contributed by atoms with Crippen LogP contribution in [0.1, 0.15) is 62.3 Å². The van der Waals surface area contributed by atoms with Gasteiger partial charge in [0.05, 0.1) is 29.5 Å². The molecule has 2 aromatic carbocycles. The van der Waals surface area contributed by atoms with Crippen molar-refractivity contribution >= 4 is 50.6 Å². The van der Waals surface area contributed by atoms with Crippen molar-refractivity contribution in [3.63, 3.8) is 0 Å². The molecule has 4 aromatic rings. The predicted octanol–water partition coefficient (Wildman–Crippen LogP) is 7.94. The fourth-order valence-corrected chi connectivity index (χ4v) is 5.06. The number of fused-ring (bicyclic) bond motifs is 1. The molecule has 0 unspecified atom stereocenters. The number of nitrogens with zero attached hydrogens (tertiary/aromatic N) is 1. The minimum atomic E-state index is -5.09. The number of nitrogens with one attached hydrogen (secondary N) is 2. The zero-order valence-corrected chi connectivity index (χ0v) is 24.5. The Morgan fingerprint density at radius 1 is 0.867 bits per heavy atom. The van der Waals surface area contributed by atoms with Crippen LogP contribution in [-0.4, -0.2) is 35.5 Å². The third-order valence-electron chi connectivity index (χ3n) is 5.92. The number of hydrogen-bond donors (Lipinski definition) is 2. The maximum Gasteiger partial charge on any atom is 0.419 e. The molecule has 2 heterocycles. The van der Waals surface area contributed by atoms with Crippen molar-refractivity contribution in [2.75, 3.05) is 17.7 Å². The van der Waals surface area contributed by atoms with Gasteiger partial charge in [-0.1, -0.05) is 6.07 Å². The van der Waals surface area contributed by atoms with Crippen molar-refractivity contribution < 1.29 is 54.6 Å². The number of amides is 2. The zero-order chi connectivity index (χ0) is 33.5. The number of hydrogen-bond acceptors (Lipinski definition) is 7. The van der Waals surface area contributed by atoms with Crippen LogP contribution in [0.4, 0.5) is 42.1 Å². The summed E-state index contributed by atoms with van der Waals surface area (Å²) in [6.45, 7) is 4.84. The van der Waals surface area contributed by atoms with E-state index in [1.54, 1.807) is 20.8 Å². The number of anilines is 2. The molecule has 45 heavy (non-hydrogen) atoms. The van der Waals surface area contributed by atoms with E-state index in [1.165, 1.54) is 7.11 Å². The lowest BCUT2D eigenvalue weighted by Crippen LogP contribution is -2.24. The lowest BCUT2D eigenvalue weighted by atomic mass is 10.1. The van der Waals surface area contributed by atoms with Crippen molar-refractivity contribution in [3.05, 3.63) is 81.6 Å². The number of methoxy groups -OCH3 is 1. The van der Waals surface area contributed by atoms with Crippen molar-refractivity contribution in [1.29, 1.82) is 0 Å². The van der Waals surface area contributed by atoms with E-state index in [0.717, 1.165) is 30.5 Å². The van der Waals surface area contributed by atoms with Crippen LogP contribution in [0.3, 0.4) is 0 Å². The van der Waals surface area contributed by atoms with Gasteiger partial charge in [0, 0.05) is 22.0 Å². The molecule has 2 aromatic heterocycles. The highest BCUT2D eigenvalue weighted by Gasteiger charge is 2.35. The molecule has 2 N–H and O–H groups in total. The lowest BCUT2D eigenvalue weighted by molar-refractivity contribution is -0.140.